The summed E-state index contributed by atoms with van der Waals surface area (Å²) in [6, 6.07) is 5.18. The van der Waals surface area contributed by atoms with Gasteiger partial charge in [-0.3, -0.25) is 0 Å². The average molecular weight is 340 g/mol. The van der Waals surface area contributed by atoms with Gasteiger partial charge < -0.3 is 0 Å². The molecular formula is C12H11F3Te. The van der Waals surface area contributed by atoms with Gasteiger partial charge in [0.2, 0.25) is 0 Å². The van der Waals surface area contributed by atoms with Gasteiger partial charge in [-0.2, -0.15) is 0 Å². The maximum atomic E-state index is 12.2. The van der Waals surface area contributed by atoms with Crippen LogP contribution in [0.2, 0.25) is 4.47 Å². The first-order valence-corrected chi connectivity index (χ1v) is 7.59. The van der Waals surface area contributed by atoms with Crippen molar-refractivity contribution in [3.05, 3.63) is 52.2 Å². The molecule has 0 aromatic heterocycles. The topological polar surface area (TPSA) is 0 Å². The van der Waals surface area contributed by atoms with Gasteiger partial charge in [0, 0.05) is 0 Å². The Morgan fingerprint density at radius 2 is 1.81 bits per heavy atom. The fourth-order valence-corrected chi connectivity index (χ4v) is 2.46. The fourth-order valence-electron chi connectivity index (χ4n) is 1.03. The standard InChI is InChI=1S/C12H11F3Te/c1-2-8-16-9-7-10-3-5-11(6-4-10)12(13,14)15/h2-7,9H,1,8H2/b9-7-. The first kappa shape index (κ1) is 13.3. The predicted octanol–water partition coefficient (Wildman–Crippen LogP) is 3.98. The SMILES string of the molecule is C=CC[Te]/C=C\c1ccc(C(F)(F)F)cc1. The third-order valence-corrected chi connectivity index (χ3v) is 3.97. The van der Waals surface area contributed by atoms with Gasteiger partial charge in [0.25, 0.3) is 0 Å². The minimum atomic E-state index is -4.25. The zero-order valence-electron chi connectivity index (χ0n) is 8.50. The average Bonchev–Trinajstić information content (AvgIpc) is 2.24. The van der Waals surface area contributed by atoms with E-state index in [1.54, 1.807) is 0 Å². The Balaban J connectivity index is 2.65. The van der Waals surface area contributed by atoms with E-state index in [2.05, 4.69) is 10.7 Å². The van der Waals surface area contributed by atoms with Crippen molar-refractivity contribution in [3.8, 4) is 0 Å². The molecule has 0 aliphatic heterocycles. The van der Waals surface area contributed by atoms with Crippen LogP contribution in [0.5, 0.6) is 0 Å². The first-order chi connectivity index (χ1) is 7.54. The van der Waals surface area contributed by atoms with Crippen LogP contribution in [-0.4, -0.2) is 20.9 Å². The van der Waals surface area contributed by atoms with E-state index in [4.69, 9.17) is 0 Å². The third kappa shape index (κ3) is 4.42. The van der Waals surface area contributed by atoms with E-state index in [1.165, 1.54) is 12.1 Å². The summed E-state index contributed by atoms with van der Waals surface area (Å²) in [5, 5.41) is 0. The molecule has 0 heterocycles. The summed E-state index contributed by atoms with van der Waals surface area (Å²) < 4.78 is 39.8. The molecule has 1 rings (SSSR count). The summed E-state index contributed by atoms with van der Waals surface area (Å²) in [6.45, 7) is 3.62. The number of halogens is 3. The molecule has 0 fully saturated rings. The molecule has 0 radical (unpaired) electrons. The molecule has 0 saturated carbocycles. The zero-order valence-corrected chi connectivity index (χ0v) is 10.8. The van der Waals surface area contributed by atoms with E-state index in [0.717, 1.165) is 22.2 Å². The van der Waals surface area contributed by atoms with Crippen molar-refractivity contribution >= 4 is 27.0 Å². The number of hydrogen-bond donors (Lipinski definition) is 0. The van der Waals surface area contributed by atoms with Gasteiger partial charge in [-0.1, -0.05) is 0 Å². The molecule has 16 heavy (non-hydrogen) atoms. The summed E-state index contributed by atoms with van der Waals surface area (Å²) in [5.74, 6) is 0. The molecule has 0 N–H and O–H groups in total. The molecular weight excluding hydrogens is 329 g/mol. The van der Waals surface area contributed by atoms with Crippen molar-refractivity contribution in [2.24, 2.45) is 0 Å². The molecule has 1 aromatic rings. The molecule has 0 saturated heterocycles. The van der Waals surface area contributed by atoms with Crippen LogP contribution in [0.15, 0.2) is 41.0 Å². The summed E-state index contributed by atoms with van der Waals surface area (Å²) in [5.41, 5.74) is 0.203. The van der Waals surface area contributed by atoms with Crippen LogP contribution < -0.4 is 0 Å². The van der Waals surface area contributed by atoms with E-state index >= 15 is 0 Å². The Bertz CT molecular complexity index is 363. The molecule has 0 bridgehead atoms. The molecule has 86 valence electrons. The van der Waals surface area contributed by atoms with Crippen molar-refractivity contribution in [2.45, 2.75) is 10.6 Å². The van der Waals surface area contributed by atoms with Crippen molar-refractivity contribution in [1.82, 2.24) is 0 Å². The number of benzene rings is 1. The van der Waals surface area contributed by atoms with Gasteiger partial charge in [-0.05, 0) is 0 Å². The summed E-state index contributed by atoms with van der Waals surface area (Å²) >= 11 is -0.217. The molecule has 0 aliphatic rings. The molecule has 0 aliphatic carbocycles. The molecule has 0 amide bonds. The van der Waals surface area contributed by atoms with Crippen LogP contribution in [0, 0.1) is 0 Å². The number of allylic oxidation sites excluding steroid dienone is 1. The number of hydrogen-bond acceptors (Lipinski definition) is 0. The van der Waals surface area contributed by atoms with E-state index in [1.807, 2.05) is 12.2 Å². The first-order valence-electron chi connectivity index (χ1n) is 4.60. The summed E-state index contributed by atoms with van der Waals surface area (Å²) in [6.07, 6.45) is -0.523. The van der Waals surface area contributed by atoms with Crippen LogP contribution in [0.25, 0.3) is 6.08 Å². The minimum absolute atomic E-state index is 0.217. The molecule has 0 unspecified atom stereocenters. The molecule has 0 nitrogen and oxygen atoms in total. The van der Waals surface area contributed by atoms with Gasteiger partial charge in [-0.15, -0.1) is 0 Å². The Kier molecular flexibility index (Phi) is 5.11. The predicted molar refractivity (Wildman–Crippen MR) is 61.2 cm³/mol. The van der Waals surface area contributed by atoms with Gasteiger partial charge in [0.05, 0.1) is 0 Å². The van der Waals surface area contributed by atoms with Crippen LogP contribution >= 0.6 is 0 Å². The van der Waals surface area contributed by atoms with Crippen LogP contribution in [0.4, 0.5) is 13.2 Å². The van der Waals surface area contributed by atoms with E-state index < -0.39 is 11.7 Å². The number of alkyl halides is 3. The van der Waals surface area contributed by atoms with E-state index in [0.29, 0.717) is 0 Å². The Morgan fingerprint density at radius 3 is 2.31 bits per heavy atom. The van der Waals surface area contributed by atoms with Gasteiger partial charge in [-0.25, -0.2) is 0 Å². The van der Waals surface area contributed by atoms with E-state index in [-0.39, 0.29) is 20.9 Å². The van der Waals surface area contributed by atoms with E-state index in [9.17, 15) is 13.2 Å². The van der Waals surface area contributed by atoms with Crippen LogP contribution in [0.1, 0.15) is 11.1 Å². The molecule has 1 aromatic carbocycles. The number of rotatable bonds is 4. The maximum absolute atomic E-state index is 12.2. The second-order valence-electron chi connectivity index (χ2n) is 3.04. The Hall–Kier alpha value is -0.720. The van der Waals surface area contributed by atoms with Gasteiger partial charge in [0.1, 0.15) is 0 Å². The third-order valence-electron chi connectivity index (χ3n) is 1.81. The zero-order chi connectivity index (χ0) is 12.0. The molecule has 0 atom stereocenters. The summed E-state index contributed by atoms with van der Waals surface area (Å²) in [4.78, 5) is 0. The molecule has 0 spiro atoms. The van der Waals surface area contributed by atoms with Gasteiger partial charge >= 0.3 is 103 Å². The monoisotopic (exact) mass is 342 g/mol. The van der Waals surface area contributed by atoms with Crippen LogP contribution in [-0.2, 0) is 6.18 Å². The van der Waals surface area contributed by atoms with Crippen LogP contribution in [0.3, 0.4) is 0 Å². The van der Waals surface area contributed by atoms with Crippen molar-refractivity contribution in [3.63, 3.8) is 0 Å². The Labute approximate surface area is 103 Å². The Morgan fingerprint density at radius 1 is 1.19 bits per heavy atom. The normalized spacial score (nSPS) is 11.9. The second-order valence-corrected chi connectivity index (χ2v) is 5.72. The van der Waals surface area contributed by atoms with Crippen molar-refractivity contribution in [2.75, 3.05) is 0 Å². The fraction of sp³-hybridized carbons (Fsp3) is 0.167. The molecule has 4 heteroatoms. The van der Waals surface area contributed by atoms with Gasteiger partial charge in [0.15, 0.2) is 0 Å². The van der Waals surface area contributed by atoms with Crippen molar-refractivity contribution < 1.29 is 13.2 Å². The quantitative estimate of drug-likeness (QED) is 0.442. The second kappa shape index (κ2) is 6.12. The van der Waals surface area contributed by atoms with Crippen molar-refractivity contribution in [1.29, 1.82) is 0 Å². The summed E-state index contributed by atoms with van der Waals surface area (Å²) in [7, 11) is 0.